The highest BCUT2D eigenvalue weighted by molar-refractivity contribution is 7.16. The number of piperidine rings is 1. The Kier molecular flexibility index (Phi) is 3.90. The molecule has 2 N–H and O–H groups in total. The van der Waals surface area contributed by atoms with Gasteiger partial charge in [0.05, 0.1) is 11.7 Å². The van der Waals surface area contributed by atoms with Crippen LogP contribution in [0.4, 0.5) is 0 Å². The van der Waals surface area contributed by atoms with Gasteiger partial charge in [0.15, 0.2) is 0 Å². The molecule has 2 aliphatic rings. The van der Waals surface area contributed by atoms with E-state index in [1.54, 1.807) is 12.4 Å². The molecule has 7 heteroatoms. The number of hydrogen-bond donors (Lipinski definition) is 2. The molecular formula is C16H20N4O2S. The minimum absolute atomic E-state index is 0.0219. The van der Waals surface area contributed by atoms with Crippen molar-refractivity contribution in [3.63, 3.8) is 0 Å². The summed E-state index contributed by atoms with van der Waals surface area (Å²) >= 11 is 1.45. The van der Waals surface area contributed by atoms with Crippen LogP contribution in [0.25, 0.3) is 10.2 Å². The molecule has 0 aliphatic carbocycles. The van der Waals surface area contributed by atoms with Crippen LogP contribution in [-0.4, -0.2) is 33.6 Å². The molecule has 2 aliphatic heterocycles. The van der Waals surface area contributed by atoms with Gasteiger partial charge < -0.3 is 10.6 Å². The van der Waals surface area contributed by atoms with Crippen molar-refractivity contribution in [1.29, 1.82) is 0 Å². The molecule has 6 nitrogen and oxygen atoms in total. The number of nitrogens with zero attached hydrogens (tertiary/aromatic N) is 2. The normalized spacial score (nSPS) is 26.5. The predicted molar refractivity (Wildman–Crippen MR) is 89.6 cm³/mol. The Hall–Kier alpha value is -1.73. The minimum Gasteiger partial charge on any atom is -0.353 e. The van der Waals surface area contributed by atoms with Crippen molar-refractivity contribution < 1.29 is 4.79 Å². The summed E-state index contributed by atoms with van der Waals surface area (Å²) in [6, 6.07) is 3.19. The third-order valence-electron chi connectivity index (χ3n) is 4.87. The molecule has 0 aromatic carbocycles. The number of amides is 1. The van der Waals surface area contributed by atoms with Crippen molar-refractivity contribution >= 4 is 27.5 Å². The zero-order valence-electron chi connectivity index (χ0n) is 12.8. The van der Waals surface area contributed by atoms with E-state index in [1.165, 1.54) is 28.7 Å². The second-order valence-electron chi connectivity index (χ2n) is 6.51. The average Bonchev–Trinajstić information content (AvgIpc) is 3.13. The number of rotatable bonds is 4. The zero-order valence-corrected chi connectivity index (χ0v) is 13.6. The zero-order chi connectivity index (χ0) is 15.8. The summed E-state index contributed by atoms with van der Waals surface area (Å²) in [7, 11) is 0. The molecule has 23 heavy (non-hydrogen) atoms. The van der Waals surface area contributed by atoms with E-state index >= 15 is 0 Å². The number of carbonyl (C=O) groups excluding carboxylic acids is 1. The number of nitrogens with one attached hydrogen (secondary N) is 2. The second kappa shape index (κ2) is 6.05. The van der Waals surface area contributed by atoms with Gasteiger partial charge in [-0.15, -0.1) is 11.3 Å². The molecule has 0 spiro atoms. The molecule has 2 aromatic rings. The largest absolute Gasteiger partial charge is 0.353 e. The van der Waals surface area contributed by atoms with Crippen molar-refractivity contribution in [2.45, 2.75) is 56.8 Å². The first-order valence-corrected chi connectivity index (χ1v) is 9.05. The summed E-state index contributed by atoms with van der Waals surface area (Å²) in [5.74, 6) is 0.0219. The molecule has 2 unspecified atom stereocenters. The fourth-order valence-electron chi connectivity index (χ4n) is 3.75. The monoisotopic (exact) mass is 332 g/mol. The molecule has 0 radical (unpaired) electrons. The standard InChI is InChI=1S/C16H20N4O2S/c21-14(19-12-7-10-1-2-11(8-12)18-10)3-5-20-9-17-15-13(16(20)22)4-6-23-15/h4,6,9-12,18H,1-3,5,7-8H2,(H,19,21). The maximum atomic E-state index is 12.3. The predicted octanol–water partition coefficient (Wildman–Crippen LogP) is 1.25. The highest BCUT2D eigenvalue weighted by atomic mass is 32.1. The smallest absolute Gasteiger partial charge is 0.262 e. The van der Waals surface area contributed by atoms with E-state index < -0.39 is 0 Å². The summed E-state index contributed by atoms with van der Waals surface area (Å²) in [6.45, 7) is 0.376. The SMILES string of the molecule is O=C(CCn1cnc2sccc2c1=O)NC1CC2CCC(C1)N2. The van der Waals surface area contributed by atoms with Gasteiger partial charge in [-0.2, -0.15) is 0 Å². The minimum atomic E-state index is -0.0658. The summed E-state index contributed by atoms with van der Waals surface area (Å²) in [5, 5.41) is 9.19. The lowest BCUT2D eigenvalue weighted by molar-refractivity contribution is -0.122. The van der Waals surface area contributed by atoms with Crippen molar-refractivity contribution in [3.8, 4) is 0 Å². The van der Waals surface area contributed by atoms with Gasteiger partial charge >= 0.3 is 0 Å². The van der Waals surface area contributed by atoms with Crippen LogP contribution in [0.2, 0.25) is 0 Å². The summed E-state index contributed by atoms with van der Waals surface area (Å²) in [5.41, 5.74) is -0.0658. The highest BCUT2D eigenvalue weighted by Gasteiger charge is 2.33. The third-order valence-corrected chi connectivity index (χ3v) is 5.69. The van der Waals surface area contributed by atoms with Crippen LogP contribution < -0.4 is 16.2 Å². The number of fused-ring (bicyclic) bond motifs is 3. The number of hydrogen-bond acceptors (Lipinski definition) is 5. The van der Waals surface area contributed by atoms with E-state index in [1.807, 2.05) is 5.38 Å². The molecule has 2 atom stereocenters. The first kappa shape index (κ1) is 14.8. The second-order valence-corrected chi connectivity index (χ2v) is 7.40. The molecular weight excluding hydrogens is 312 g/mol. The van der Waals surface area contributed by atoms with Gasteiger partial charge in [0.25, 0.3) is 5.56 Å². The van der Waals surface area contributed by atoms with Gasteiger partial charge in [-0.25, -0.2) is 4.98 Å². The van der Waals surface area contributed by atoms with E-state index in [4.69, 9.17) is 0 Å². The molecule has 1 amide bonds. The average molecular weight is 332 g/mol. The van der Waals surface area contributed by atoms with Gasteiger partial charge in [-0.3, -0.25) is 14.2 Å². The summed E-state index contributed by atoms with van der Waals surface area (Å²) < 4.78 is 1.53. The Morgan fingerprint density at radius 3 is 2.96 bits per heavy atom. The van der Waals surface area contributed by atoms with Crippen LogP contribution in [0.15, 0.2) is 22.6 Å². The molecule has 2 aromatic heterocycles. The Morgan fingerprint density at radius 1 is 1.39 bits per heavy atom. The maximum absolute atomic E-state index is 12.3. The highest BCUT2D eigenvalue weighted by Crippen LogP contribution is 2.26. The van der Waals surface area contributed by atoms with Crippen LogP contribution >= 0.6 is 11.3 Å². The van der Waals surface area contributed by atoms with Gasteiger partial charge in [0, 0.05) is 31.1 Å². The number of carbonyl (C=O) groups is 1. The molecule has 122 valence electrons. The quantitative estimate of drug-likeness (QED) is 0.883. The maximum Gasteiger partial charge on any atom is 0.262 e. The first-order valence-electron chi connectivity index (χ1n) is 8.17. The lowest BCUT2D eigenvalue weighted by Gasteiger charge is -2.29. The van der Waals surface area contributed by atoms with E-state index in [2.05, 4.69) is 15.6 Å². The summed E-state index contributed by atoms with van der Waals surface area (Å²) in [6.07, 6.45) is 6.34. The van der Waals surface area contributed by atoms with Crippen molar-refractivity contribution in [2.75, 3.05) is 0 Å². The molecule has 4 rings (SSSR count). The number of thiophene rings is 1. The van der Waals surface area contributed by atoms with Crippen LogP contribution in [0, 0.1) is 0 Å². The molecule has 2 fully saturated rings. The van der Waals surface area contributed by atoms with E-state index in [9.17, 15) is 9.59 Å². The fourth-order valence-corrected chi connectivity index (χ4v) is 4.47. The first-order chi connectivity index (χ1) is 11.2. The van der Waals surface area contributed by atoms with E-state index in [0.29, 0.717) is 30.4 Å². The van der Waals surface area contributed by atoms with E-state index in [-0.39, 0.29) is 17.5 Å². The Balaban J connectivity index is 1.35. The lowest BCUT2D eigenvalue weighted by Crippen LogP contribution is -2.48. The molecule has 4 heterocycles. The van der Waals surface area contributed by atoms with Crippen molar-refractivity contribution in [3.05, 3.63) is 28.1 Å². The van der Waals surface area contributed by atoms with Crippen LogP contribution in [0.1, 0.15) is 32.1 Å². The lowest BCUT2D eigenvalue weighted by atomic mass is 10.00. The Bertz CT molecular complexity index is 772. The van der Waals surface area contributed by atoms with Crippen molar-refractivity contribution in [2.24, 2.45) is 0 Å². The molecule has 0 saturated carbocycles. The Labute approximate surface area is 137 Å². The number of aromatic nitrogens is 2. The van der Waals surface area contributed by atoms with Crippen molar-refractivity contribution in [1.82, 2.24) is 20.2 Å². The van der Waals surface area contributed by atoms with E-state index in [0.717, 1.165) is 17.7 Å². The van der Waals surface area contributed by atoms with Gasteiger partial charge in [0.1, 0.15) is 4.83 Å². The van der Waals surface area contributed by atoms with Gasteiger partial charge in [-0.05, 0) is 37.1 Å². The topological polar surface area (TPSA) is 76.0 Å². The number of aryl methyl sites for hydroxylation is 1. The van der Waals surface area contributed by atoms with Gasteiger partial charge in [-0.1, -0.05) is 0 Å². The summed E-state index contributed by atoms with van der Waals surface area (Å²) in [4.78, 5) is 29.5. The Morgan fingerprint density at radius 2 is 2.17 bits per heavy atom. The fraction of sp³-hybridized carbons (Fsp3) is 0.562. The molecule has 2 saturated heterocycles. The molecule has 2 bridgehead atoms. The van der Waals surface area contributed by atoms with Crippen LogP contribution in [0.3, 0.4) is 0 Å². The third kappa shape index (κ3) is 3.03. The van der Waals surface area contributed by atoms with Gasteiger partial charge in [0.2, 0.25) is 5.91 Å². The van der Waals surface area contributed by atoms with Crippen LogP contribution in [-0.2, 0) is 11.3 Å². The van der Waals surface area contributed by atoms with Crippen LogP contribution in [0.5, 0.6) is 0 Å².